The molecule has 1 aliphatic rings. The minimum atomic E-state index is -1.05. The minimum absolute atomic E-state index is 0.0727. The predicted octanol–water partition coefficient (Wildman–Crippen LogP) is 15.9. The van der Waals surface area contributed by atoms with Crippen molar-refractivity contribution in [3.63, 3.8) is 0 Å². The number of hydrogen-bond acceptors (Lipinski definition) is 10. The van der Waals surface area contributed by atoms with Crippen LogP contribution in [0.25, 0.3) is 0 Å². The van der Waals surface area contributed by atoms with Gasteiger partial charge in [0.25, 0.3) is 0 Å². The van der Waals surface area contributed by atoms with Crippen molar-refractivity contribution in [3.8, 4) is 0 Å². The van der Waals surface area contributed by atoms with Crippen LogP contribution < -0.4 is 5.32 Å². The Bertz CT molecular complexity index is 2550. The minimum Gasteiger partial charge on any atom is -0.444 e. The topological polar surface area (TPSA) is 112 Å². The highest BCUT2D eigenvalue weighted by Crippen LogP contribution is 2.33. The highest BCUT2D eigenvalue weighted by molar-refractivity contribution is 5.68. The molecule has 0 radical (unpaired) electrons. The fraction of sp³-hybridized carbons (Fsp3) is 0.479. The Kier molecular flexibility index (Phi) is 28.6. The molecule has 82 heavy (non-hydrogen) atoms. The van der Waals surface area contributed by atoms with Crippen molar-refractivity contribution < 1.29 is 47.4 Å². The first-order valence-corrected chi connectivity index (χ1v) is 30.4. The summed E-state index contributed by atoms with van der Waals surface area (Å²) in [7, 11) is 0. The third-order valence-electron chi connectivity index (χ3n) is 14.7. The molecule has 1 amide bonds. The number of nitrogens with one attached hydrogen (secondary N) is 1. The van der Waals surface area contributed by atoms with Gasteiger partial charge < -0.3 is 47.9 Å². The summed E-state index contributed by atoms with van der Waals surface area (Å²) in [6.45, 7) is 9.69. The lowest BCUT2D eigenvalue weighted by molar-refractivity contribution is -0.330. The molecule has 1 heterocycles. The molecule has 1 aliphatic heterocycles. The molecule has 0 spiro atoms. The number of rotatable bonds is 38. The van der Waals surface area contributed by atoms with Gasteiger partial charge in [-0.2, -0.15) is 0 Å². The number of alkyl carbamates (subject to hydrolysis) is 1. The molecule has 6 aromatic rings. The highest BCUT2D eigenvalue weighted by Gasteiger charge is 2.50. The van der Waals surface area contributed by atoms with Crippen LogP contribution in [-0.2, 0) is 82.3 Å². The van der Waals surface area contributed by atoms with Gasteiger partial charge in [0.1, 0.15) is 36.1 Å². The van der Waals surface area contributed by atoms with Crippen LogP contribution in [-0.4, -0.2) is 73.9 Å². The molecule has 6 aromatic carbocycles. The SMILES string of the molecule is CCCCCCCCCCCCCC[C@@H](OCc1ccccc1)[C@@H](OCc1ccccc1)[C@H](CO[C@H]1O[C@H](COCc2ccccc2)[C@H](OCc2ccccc2)[C@H](OCc2ccccc2)[C@H]1OCc1ccccc1)NC(=O)OC(C)(C)C. The first-order chi connectivity index (χ1) is 40.2. The number of carbonyl (C=O) groups excluding carboxylic acids is 1. The zero-order valence-electron chi connectivity index (χ0n) is 49.4. The number of amides is 1. The van der Waals surface area contributed by atoms with E-state index in [1.807, 2.05) is 191 Å². The van der Waals surface area contributed by atoms with E-state index in [1.54, 1.807) is 0 Å². The fourth-order valence-electron chi connectivity index (χ4n) is 10.3. The van der Waals surface area contributed by atoms with E-state index in [4.69, 9.17) is 42.6 Å². The van der Waals surface area contributed by atoms with Crippen molar-refractivity contribution in [2.75, 3.05) is 13.2 Å². The van der Waals surface area contributed by atoms with Gasteiger partial charge in [-0.1, -0.05) is 266 Å². The Labute approximate surface area is 490 Å². The first kappa shape index (κ1) is 63.8. The molecule has 0 aromatic heterocycles. The van der Waals surface area contributed by atoms with E-state index in [2.05, 4.69) is 24.4 Å². The highest BCUT2D eigenvalue weighted by atomic mass is 16.7. The van der Waals surface area contributed by atoms with Crippen molar-refractivity contribution in [1.82, 2.24) is 5.32 Å². The van der Waals surface area contributed by atoms with Crippen LogP contribution in [0.3, 0.4) is 0 Å². The number of unbranched alkanes of at least 4 members (excludes halogenated alkanes) is 11. The summed E-state index contributed by atoms with van der Waals surface area (Å²) in [5, 5.41) is 3.25. The maximum Gasteiger partial charge on any atom is 0.408 e. The summed E-state index contributed by atoms with van der Waals surface area (Å²) in [5.74, 6) is 0. The van der Waals surface area contributed by atoms with E-state index in [0.717, 1.165) is 52.6 Å². The second-order valence-electron chi connectivity index (χ2n) is 22.7. The van der Waals surface area contributed by atoms with Crippen LogP contribution in [0.1, 0.15) is 145 Å². The summed E-state index contributed by atoms with van der Waals surface area (Å²) < 4.78 is 62.1. The Morgan fingerprint density at radius 1 is 0.463 bits per heavy atom. The third kappa shape index (κ3) is 23.9. The average molecular weight is 1120 g/mol. The molecule has 0 unspecified atom stereocenters. The van der Waals surface area contributed by atoms with Gasteiger partial charge in [0.15, 0.2) is 6.29 Å². The zero-order valence-corrected chi connectivity index (χ0v) is 49.4. The second-order valence-corrected chi connectivity index (χ2v) is 22.7. The molecule has 7 rings (SSSR count). The van der Waals surface area contributed by atoms with Gasteiger partial charge in [0.05, 0.1) is 65.0 Å². The summed E-state index contributed by atoms with van der Waals surface area (Å²) in [5.41, 5.74) is 5.21. The predicted molar refractivity (Wildman–Crippen MR) is 325 cm³/mol. The van der Waals surface area contributed by atoms with E-state index in [9.17, 15) is 4.79 Å². The summed E-state index contributed by atoms with van der Waals surface area (Å²) in [4.78, 5) is 14.3. The summed E-state index contributed by atoms with van der Waals surface area (Å²) in [6.07, 6.45) is 9.71. The zero-order chi connectivity index (χ0) is 57.3. The first-order valence-electron chi connectivity index (χ1n) is 30.4. The van der Waals surface area contributed by atoms with E-state index < -0.39 is 60.6 Å². The lowest BCUT2D eigenvalue weighted by atomic mass is 9.97. The monoisotopic (exact) mass is 1120 g/mol. The molecule has 1 N–H and O–H groups in total. The molecule has 1 fully saturated rings. The molecule has 0 saturated carbocycles. The van der Waals surface area contributed by atoms with Gasteiger partial charge >= 0.3 is 6.09 Å². The molecular formula is C71H93NO10. The van der Waals surface area contributed by atoms with E-state index in [-0.39, 0.29) is 39.6 Å². The fourth-order valence-corrected chi connectivity index (χ4v) is 10.3. The maximum atomic E-state index is 14.3. The van der Waals surface area contributed by atoms with E-state index in [0.29, 0.717) is 19.6 Å². The van der Waals surface area contributed by atoms with Gasteiger partial charge in [-0.25, -0.2) is 4.79 Å². The Hall–Kier alpha value is -5.73. The van der Waals surface area contributed by atoms with Crippen molar-refractivity contribution in [3.05, 3.63) is 215 Å². The van der Waals surface area contributed by atoms with Crippen LogP contribution in [0.15, 0.2) is 182 Å². The van der Waals surface area contributed by atoms with Crippen molar-refractivity contribution in [2.45, 2.75) is 205 Å². The Morgan fingerprint density at radius 2 is 0.854 bits per heavy atom. The van der Waals surface area contributed by atoms with Crippen molar-refractivity contribution in [1.29, 1.82) is 0 Å². The Morgan fingerprint density at radius 3 is 1.30 bits per heavy atom. The molecule has 0 aliphatic carbocycles. The van der Waals surface area contributed by atoms with Crippen LogP contribution in [0.4, 0.5) is 4.79 Å². The van der Waals surface area contributed by atoms with E-state index in [1.165, 1.54) is 57.8 Å². The molecule has 11 nitrogen and oxygen atoms in total. The number of benzene rings is 6. The lowest BCUT2D eigenvalue weighted by Crippen LogP contribution is -2.62. The average Bonchev–Trinajstić information content (AvgIpc) is 3.69. The van der Waals surface area contributed by atoms with Crippen molar-refractivity contribution >= 4 is 6.09 Å². The third-order valence-corrected chi connectivity index (χ3v) is 14.7. The van der Waals surface area contributed by atoms with Crippen molar-refractivity contribution in [2.24, 2.45) is 0 Å². The molecule has 1 saturated heterocycles. The molecular weight excluding hydrogens is 1030 g/mol. The van der Waals surface area contributed by atoms with Crippen LogP contribution in [0.2, 0.25) is 0 Å². The number of carbonyl (C=O) groups is 1. The molecule has 442 valence electrons. The second kappa shape index (κ2) is 36.8. The van der Waals surface area contributed by atoms with Crippen LogP contribution in [0, 0.1) is 0 Å². The number of ether oxygens (including phenoxy) is 9. The van der Waals surface area contributed by atoms with Gasteiger partial charge in [-0.3, -0.25) is 0 Å². The van der Waals surface area contributed by atoms with Crippen LogP contribution in [0.5, 0.6) is 0 Å². The van der Waals surface area contributed by atoms with Gasteiger partial charge in [0, 0.05) is 0 Å². The smallest absolute Gasteiger partial charge is 0.408 e. The molecule has 8 atom stereocenters. The lowest BCUT2D eigenvalue weighted by Gasteiger charge is -2.46. The maximum absolute atomic E-state index is 14.3. The normalized spacial score (nSPS) is 18.4. The van der Waals surface area contributed by atoms with E-state index >= 15 is 0 Å². The standard InChI is InChI=1S/C71H93NO10/c1-5-6-7-8-9-10-11-12-13-14-15-34-47-63(75-49-57-37-24-17-25-38-57)65(76-50-58-39-26-18-27-40-58)62(72-70(73)82-71(2,3)4)54-80-69-68(79-53-61-45-32-21-33-46-61)67(78-52-60-43-30-20-31-44-60)66(77-51-59-41-28-19-29-42-59)64(81-69)55-74-48-56-35-22-16-23-36-56/h16-33,35-46,62-69H,5-15,34,47-55H2,1-4H3,(H,72,73)/t62-,63+,64+,65-,66-,67-,68+,69-/m0/s1. The largest absolute Gasteiger partial charge is 0.444 e. The van der Waals surface area contributed by atoms with Gasteiger partial charge in [-0.05, 0) is 60.6 Å². The van der Waals surface area contributed by atoms with Crippen LogP contribution >= 0.6 is 0 Å². The number of hydrogen-bond donors (Lipinski definition) is 1. The molecule has 0 bridgehead atoms. The quantitative estimate of drug-likeness (QED) is 0.0376. The van der Waals surface area contributed by atoms with Gasteiger partial charge in [0.2, 0.25) is 0 Å². The molecule has 11 heteroatoms. The summed E-state index contributed by atoms with van der Waals surface area (Å²) >= 11 is 0. The Balaban J connectivity index is 1.22. The van der Waals surface area contributed by atoms with Gasteiger partial charge in [-0.15, -0.1) is 0 Å². The summed E-state index contributed by atoms with van der Waals surface area (Å²) in [6, 6.07) is 59.8.